The van der Waals surface area contributed by atoms with Gasteiger partial charge in [0.25, 0.3) is 5.91 Å². The fraction of sp³-hybridized carbons (Fsp3) is 0.750. The third kappa shape index (κ3) is 2.03. The molecular formula is C4H7NO2. The SMILES string of the molecule is CC(C)C(=O)N=O. The Morgan fingerprint density at radius 3 is 2.00 bits per heavy atom. The summed E-state index contributed by atoms with van der Waals surface area (Å²) < 4.78 is 0. The number of nitroso groups, excluding NO2 is 1. The van der Waals surface area contributed by atoms with Gasteiger partial charge in [-0.3, -0.25) is 4.79 Å². The Morgan fingerprint density at radius 2 is 2.00 bits per heavy atom. The first kappa shape index (κ1) is 6.27. The van der Waals surface area contributed by atoms with E-state index in [1.165, 1.54) is 0 Å². The summed E-state index contributed by atoms with van der Waals surface area (Å²) >= 11 is 0. The van der Waals surface area contributed by atoms with Crippen molar-refractivity contribution in [3.05, 3.63) is 4.91 Å². The van der Waals surface area contributed by atoms with Gasteiger partial charge in [0.05, 0.1) is 0 Å². The third-order valence-corrected chi connectivity index (χ3v) is 0.584. The summed E-state index contributed by atoms with van der Waals surface area (Å²) in [6.07, 6.45) is 0. The Balaban J connectivity index is 3.56. The first-order valence-electron chi connectivity index (χ1n) is 2.05. The van der Waals surface area contributed by atoms with Crippen molar-refractivity contribution in [1.29, 1.82) is 0 Å². The van der Waals surface area contributed by atoms with Crippen LogP contribution in [0.25, 0.3) is 0 Å². The Morgan fingerprint density at radius 1 is 1.57 bits per heavy atom. The van der Waals surface area contributed by atoms with Gasteiger partial charge in [0, 0.05) is 11.1 Å². The van der Waals surface area contributed by atoms with Crippen molar-refractivity contribution >= 4 is 5.91 Å². The Labute approximate surface area is 41.7 Å². The van der Waals surface area contributed by atoms with E-state index >= 15 is 0 Å². The standard InChI is InChI=1S/C4H7NO2/c1-3(2)4(6)5-7/h3H,1-2H3. The van der Waals surface area contributed by atoms with Crippen LogP contribution in [0.15, 0.2) is 5.18 Å². The molecule has 7 heavy (non-hydrogen) atoms. The van der Waals surface area contributed by atoms with Crippen molar-refractivity contribution in [2.45, 2.75) is 13.8 Å². The maximum absolute atomic E-state index is 10.0. The highest BCUT2D eigenvalue weighted by Gasteiger charge is 2.03. The van der Waals surface area contributed by atoms with Gasteiger partial charge in [-0.15, -0.1) is 4.91 Å². The molecule has 0 atom stereocenters. The van der Waals surface area contributed by atoms with Crippen molar-refractivity contribution in [3.8, 4) is 0 Å². The maximum atomic E-state index is 10.0. The lowest BCUT2D eigenvalue weighted by Crippen LogP contribution is -2.00. The van der Waals surface area contributed by atoms with Gasteiger partial charge in [0.1, 0.15) is 0 Å². The summed E-state index contributed by atoms with van der Waals surface area (Å²) in [4.78, 5) is 19.4. The molecule has 0 rings (SSSR count). The molecule has 0 bridgehead atoms. The summed E-state index contributed by atoms with van der Waals surface area (Å²) in [7, 11) is 0. The van der Waals surface area contributed by atoms with Crippen LogP contribution in [0.2, 0.25) is 0 Å². The zero-order valence-corrected chi connectivity index (χ0v) is 4.34. The molecule has 0 heterocycles. The van der Waals surface area contributed by atoms with Crippen molar-refractivity contribution in [2.75, 3.05) is 0 Å². The van der Waals surface area contributed by atoms with Gasteiger partial charge in [-0.1, -0.05) is 13.8 Å². The second-order valence-corrected chi connectivity index (χ2v) is 1.58. The Kier molecular flexibility index (Phi) is 2.19. The molecule has 0 radical (unpaired) electrons. The second-order valence-electron chi connectivity index (χ2n) is 1.58. The Hall–Kier alpha value is -0.730. The summed E-state index contributed by atoms with van der Waals surface area (Å²) in [5.41, 5.74) is 0. The van der Waals surface area contributed by atoms with E-state index in [1.807, 2.05) is 0 Å². The van der Waals surface area contributed by atoms with E-state index in [-0.39, 0.29) is 5.92 Å². The number of nitrogens with zero attached hydrogens (tertiary/aromatic N) is 1. The van der Waals surface area contributed by atoms with E-state index in [0.29, 0.717) is 0 Å². The molecule has 0 spiro atoms. The van der Waals surface area contributed by atoms with Crippen LogP contribution in [0.5, 0.6) is 0 Å². The minimum absolute atomic E-state index is 0.252. The highest BCUT2D eigenvalue weighted by Crippen LogP contribution is 1.92. The number of carbonyl (C=O) groups is 1. The lowest BCUT2D eigenvalue weighted by atomic mass is 10.2. The minimum Gasteiger partial charge on any atom is -0.269 e. The van der Waals surface area contributed by atoms with Crippen LogP contribution in [0.3, 0.4) is 0 Å². The average molecular weight is 101 g/mol. The molecule has 0 aromatic heterocycles. The molecule has 3 nitrogen and oxygen atoms in total. The molecule has 3 heteroatoms. The molecule has 0 saturated carbocycles. The number of amides is 1. The van der Waals surface area contributed by atoms with Crippen molar-refractivity contribution in [1.82, 2.24) is 0 Å². The first-order valence-corrected chi connectivity index (χ1v) is 2.05. The van der Waals surface area contributed by atoms with Crippen LogP contribution in [0.1, 0.15) is 13.8 Å². The van der Waals surface area contributed by atoms with E-state index in [9.17, 15) is 9.70 Å². The zero-order chi connectivity index (χ0) is 5.86. The van der Waals surface area contributed by atoms with E-state index in [0.717, 1.165) is 0 Å². The van der Waals surface area contributed by atoms with Gasteiger partial charge >= 0.3 is 0 Å². The van der Waals surface area contributed by atoms with Crippen LogP contribution in [0.4, 0.5) is 0 Å². The normalized spacial score (nSPS) is 9.00. The van der Waals surface area contributed by atoms with Gasteiger partial charge in [-0.05, 0) is 0 Å². The molecule has 0 aliphatic carbocycles. The molecule has 0 saturated heterocycles. The largest absolute Gasteiger partial charge is 0.288 e. The predicted molar refractivity (Wildman–Crippen MR) is 25.6 cm³/mol. The average Bonchev–Trinajstić information content (AvgIpc) is 1.65. The quantitative estimate of drug-likeness (QED) is 0.461. The first-order chi connectivity index (χ1) is 3.18. The molecule has 0 aromatic rings. The van der Waals surface area contributed by atoms with Gasteiger partial charge in [0.15, 0.2) is 0 Å². The van der Waals surface area contributed by atoms with Gasteiger partial charge in [0.2, 0.25) is 0 Å². The monoisotopic (exact) mass is 101 g/mol. The smallest absolute Gasteiger partial charge is 0.269 e. The summed E-state index contributed by atoms with van der Waals surface area (Å²) in [6.45, 7) is 3.26. The van der Waals surface area contributed by atoms with E-state index in [4.69, 9.17) is 0 Å². The van der Waals surface area contributed by atoms with Crippen molar-refractivity contribution < 1.29 is 4.79 Å². The molecule has 40 valence electrons. The fourth-order valence-electron chi connectivity index (χ4n) is 0.105. The fourth-order valence-corrected chi connectivity index (χ4v) is 0.105. The number of carbonyl (C=O) groups excluding carboxylic acids is 1. The molecule has 0 aromatic carbocycles. The Bertz CT molecular complexity index is 87.7. The van der Waals surface area contributed by atoms with Crippen molar-refractivity contribution in [2.24, 2.45) is 11.1 Å². The maximum Gasteiger partial charge on any atom is 0.288 e. The van der Waals surface area contributed by atoms with Crippen LogP contribution >= 0.6 is 0 Å². The van der Waals surface area contributed by atoms with Gasteiger partial charge < -0.3 is 0 Å². The van der Waals surface area contributed by atoms with Crippen LogP contribution in [-0.2, 0) is 4.79 Å². The van der Waals surface area contributed by atoms with Crippen LogP contribution < -0.4 is 0 Å². The van der Waals surface area contributed by atoms with Crippen LogP contribution in [-0.4, -0.2) is 5.91 Å². The summed E-state index contributed by atoms with van der Waals surface area (Å²) in [5, 5.41) is 2.20. The molecule has 0 N–H and O–H groups in total. The zero-order valence-electron chi connectivity index (χ0n) is 4.34. The minimum atomic E-state index is -0.583. The lowest BCUT2D eigenvalue weighted by molar-refractivity contribution is -0.120. The third-order valence-electron chi connectivity index (χ3n) is 0.584. The van der Waals surface area contributed by atoms with Gasteiger partial charge in [-0.2, -0.15) is 0 Å². The molecule has 1 amide bonds. The number of hydrogen-bond donors (Lipinski definition) is 0. The van der Waals surface area contributed by atoms with E-state index < -0.39 is 5.91 Å². The van der Waals surface area contributed by atoms with E-state index in [2.05, 4.69) is 5.18 Å². The summed E-state index contributed by atoms with van der Waals surface area (Å²) in [6, 6.07) is 0. The number of rotatable bonds is 1. The highest BCUT2D eigenvalue weighted by atomic mass is 16.3. The van der Waals surface area contributed by atoms with Gasteiger partial charge in [-0.25, -0.2) is 0 Å². The molecular weight excluding hydrogens is 94.0 g/mol. The highest BCUT2D eigenvalue weighted by molar-refractivity contribution is 5.78. The molecule has 0 unspecified atom stereocenters. The lowest BCUT2D eigenvalue weighted by Gasteiger charge is -1.87. The molecule has 0 fully saturated rings. The summed E-state index contributed by atoms with van der Waals surface area (Å²) in [5.74, 6) is -0.836. The van der Waals surface area contributed by atoms with Crippen LogP contribution in [0, 0.1) is 10.8 Å². The topological polar surface area (TPSA) is 46.5 Å². The van der Waals surface area contributed by atoms with E-state index in [1.54, 1.807) is 13.8 Å². The number of hydrogen-bond acceptors (Lipinski definition) is 2. The van der Waals surface area contributed by atoms with Crippen molar-refractivity contribution in [3.63, 3.8) is 0 Å². The molecule has 0 aliphatic rings. The second kappa shape index (κ2) is 2.44. The molecule has 0 aliphatic heterocycles. The predicted octanol–water partition coefficient (Wildman–Crippen LogP) is 0.935.